The maximum absolute atomic E-state index is 12.9. The molecule has 0 radical (unpaired) electrons. The van der Waals surface area contributed by atoms with Gasteiger partial charge in [-0.2, -0.15) is 0 Å². The molecule has 0 N–H and O–H groups in total. The third-order valence-corrected chi connectivity index (χ3v) is 5.52. The first-order chi connectivity index (χ1) is 14.4. The molecule has 8 heteroatoms. The fourth-order valence-corrected chi connectivity index (χ4v) is 3.67. The van der Waals surface area contributed by atoms with Gasteiger partial charge < -0.3 is 9.80 Å². The summed E-state index contributed by atoms with van der Waals surface area (Å²) >= 11 is 5.88. The first kappa shape index (κ1) is 20.1. The number of fused-ring (bicyclic) bond motifs is 1. The molecule has 0 unspecified atom stereocenters. The van der Waals surface area contributed by atoms with Crippen molar-refractivity contribution < 1.29 is 9.59 Å². The Bertz CT molecular complexity index is 1170. The van der Waals surface area contributed by atoms with Gasteiger partial charge in [0.05, 0.1) is 6.42 Å². The summed E-state index contributed by atoms with van der Waals surface area (Å²) in [7, 11) is 0. The second kappa shape index (κ2) is 8.28. The number of aromatic nitrogens is 2. The lowest BCUT2D eigenvalue weighted by molar-refractivity contribution is -0.131. The van der Waals surface area contributed by atoms with Crippen molar-refractivity contribution in [1.82, 2.24) is 19.2 Å². The van der Waals surface area contributed by atoms with Crippen LogP contribution in [-0.4, -0.2) is 57.2 Å². The van der Waals surface area contributed by atoms with Crippen LogP contribution in [0.1, 0.15) is 21.5 Å². The van der Waals surface area contributed by atoms with Crippen molar-refractivity contribution in [2.75, 3.05) is 26.2 Å². The zero-order valence-corrected chi connectivity index (χ0v) is 17.3. The van der Waals surface area contributed by atoms with Gasteiger partial charge in [-0.05, 0) is 36.2 Å². The van der Waals surface area contributed by atoms with Crippen molar-refractivity contribution in [1.29, 1.82) is 0 Å². The Hall–Kier alpha value is -3.19. The summed E-state index contributed by atoms with van der Waals surface area (Å²) in [5, 5.41) is 0.632. The lowest BCUT2D eigenvalue weighted by atomic mass is 10.1. The van der Waals surface area contributed by atoms with Crippen LogP contribution in [0.15, 0.2) is 53.6 Å². The van der Waals surface area contributed by atoms with E-state index in [1.54, 1.807) is 34.2 Å². The van der Waals surface area contributed by atoms with Gasteiger partial charge in [0.1, 0.15) is 11.2 Å². The van der Waals surface area contributed by atoms with Gasteiger partial charge in [0.25, 0.3) is 11.5 Å². The summed E-state index contributed by atoms with van der Waals surface area (Å²) in [4.78, 5) is 45.8. The smallest absolute Gasteiger partial charge is 0.270 e. The fraction of sp³-hybridized carbons (Fsp3) is 0.273. The summed E-state index contributed by atoms with van der Waals surface area (Å²) in [5.41, 5.74) is 1.96. The van der Waals surface area contributed by atoms with Gasteiger partial charge in [0.15, 0.2) is 0 Å². The lowest BCUT2D eigenvalue weighted by Gasteiger charge is -2.34. The Morgan fingerprint density at radius 3 is 2.37 bits per heavy atom. The Kier molecular flexibility index (Phi) is 5.55. The molecule has 1 aliphatic rings. The first-order valence-corrected chi connectivity index (χ1v) is 10.1. The van der Waals surface area contributed by atoms with Gasteiger partial charge in [-0.25, -0.2) is 4.98 Å². The van der Waals surface area contributed by atoms with Crippen LogP contribution < -0.4 is 5.56 Å². The minimum atomic E-state index is -0.380. The number of carbonyl (C=O) groups excluding carboxylic acids is 2. The van der Waals surface area contributed by atoms with Crippen molar-refractivity contribution in [3.05, 3.63) is 80.9 Å². The molecular formula is C22H21ClN4O3. The molecule has 2 amide bonds. The standard InChI is InChI=1S/C22H21ClN4O3/c1-15-2-7-19-24-13-18(22(30)27(19)14-15)21(29)26-10-8-25(9-11-26)20(28)12-16-3-5-17(23)6-4-16/h2-7,13-14H,8-12H2,1H3. The maximum atomic E-state index is 12.9. The van der Waals surface area contributed by atoms with E-state index < -0.39 is 0 Å². The highest BCUT2D eigenvalue weighted by Gasteiger charge is 2.26. The van der Waals surface area contributed by atoms with E-state index in [2.05, 4.69) is 4.98 Å². The van der Waals surface area contributed by atoms with Crippen LogP contribution in [0.4, 0.5) is 0 Å². The molecule has 30 heavy (non-hydrogen) atoms. The minimum absolute atomic E-state index is 0.00679. The number of carbonyl (C=O) groups is 2. The van der Waals surface area contributed by atoms with Crippen LogP contribution >= 0.6 is 11.6 Å². The predicted octanol–water partition coefficient (Wildman–Crippen LogP) is 2.18. The number of hydrogen-bond acceptors (Lipinski definition) is 4. The van der Waals surface area contributed by atoms with Crippen LogP contribution in [-0.2, 0) is 11.2 Å². The monoisotopic (exact) mass is 424 g/mol. The summed E-state index contributed by atoms with van der Waals surface area (Å²) in [5.74, 6) is -0.347. The molecule has 1 aliphatic heterocycles. The molecule has 1 aromatic carbocycles. The van der Waals surface area contributed by atoms with Crippen molar-refractivity contribution in [2.45, 2.75) is 13.3 Å². The van der Waals surface area contributed by atoms with Gasteiger partial charge in [-0.1, -0.05) is 29.8 Å². The van der Waals surface area contributed by atoms with Crippen molar-refractivity contribution in [2.24, 2.45) is 0 Å². The Balaban J connectivity index is 1.42. The average Bonchev–Trinajstić information content (AvgIpc) is 2.76. The molecule has 4 rings (SSSR count). The number of hydrogen-bond donors (Lipinski definition) is 0. The van der Waals surface area contributed by atoms with Crippen LogP contribution in [0.3, 0.4) is 0 Å². The molecule has 1 fully saturated rings. The number of pyridine rings is 1. The van der Waals surface area contributed by atoms with E-state index in [0.29, 0.717) is 43.3 Å². The molecular weight excluding hydrogens is 404 g/mol. The maximum Gasteiger partial charge on any atom is 0.270 e. The van der Waals surface area contributed by atoms with Crippen molar-refractivity contribution in [3.63, 3.8) is 0 Å². The number of aryl methyl sites for hydroxylation is 1. The third-order valence-electron chi connectivity index (χ3n) is 5.27. The Labute approximate surface area is 178 Å². The van der Waals surface area contributed by atoms with E-state index >= 15 is 0 Å². The Morgan fingerprint density at radius 2 is 1.67 bits per heavy atom. The molecule has 0 bridgehead atoms. The molecule has 1 saturated heterocycles. The molecule has 7 nitrogen and oxygen atoms in total. The van der Waals surface area contributed by atoms with E-state index in [0.717, 1.165) is 11.1 Å². The molecule has 154 valence electrons. The highest BCUT2D eigenvalue weighted by atomic mass is 35.5. The number of amides is 2. The van der Waals surface area contributed by atoms with E-state index in [4.69, 9.17) is 11.6 Å². The number of rotatable bonds is 3. The largest absolute Gasteiger partial charge is 0.339 e. The molecule has 0 spiro atoms. The zero-order valence-electron chi connectivity index (χ0n) is 16.5. The van der Waals surface area contributed by atoms with Crippen molar-refractivity contribution >= 4 is 29.1 Å². The number of halogens is 1. The van der Waals surface area contributed by atoms with Gasteiger partial charge in [0, 0.05) is 43.6 Å². The summed E-state index contributed by atoms with van der Waals surface area (Å²) in [6, 6.07) is 10.8. The molecule has 0 saturated carbocycles. The van der Waals surface area contributed by atoms with Gasteiger partial charge in [0.2, 0.25) is 5.91 Å². The van der Waals surface area contributed by atoms with Crippen LogP contribution in [0, 0.1) is 6.92 Å². The summed E-state index contributed by atoms with van der Waals surface area (Å²) in [6.45, 7) is 3.49. The van der Waals surface area contributed by atoms with Gasteiger partial charge in [-0.15, -0.1) is 0 Å². The number of piperazine rings is 1. The molecule has 2 aromatic heterocycles. The van der Waals surface area contributed by atoms with Crippen LogP contribution in [0.5, 0.6) is 0 Å². The third kappa shape index (κ3) is 4.07. The topological polar surface area (TPSA) is 75.0 Å². The highest BCUT2D eigenvalue weighted by Crippen LogP contribution is 2.13. The lowest BCUT2D eigenvalue weighted by Crippen LogP contribution is -2.51. The van der Waals surface area contributed by atoms with Gasteiger partial charge in [-0.3, -0.25) is 18.8 Å². The van der Waals surface area contributed by atoms with E-state index in [1.807, 2.05) is 25.1 Å². The number of benzene rings is 1. The minimum Gasteiger partial charge on any atom is -0.339 e. The molecule has 3 aromatic rings. The second-order valence-corrected chi connectivity index (χ2v) is 7.82. The fourth-order valence-electron chi connectivity index (χ4n) is 3.55. The SMILES string of the molecule is Cc1ccc2ncc(C(=O)N3CCN(C(=O)Cc4ccc(Cl)cc4)CC3)c(=O)n2c1. The molecule has 0 aliphatic carbocycles. The van der Waals surface area contributed by atoms with E-state index in [9.17, 15) is 14.4 Å². The van der Waals surface area contributed by atoms with Crippen LogP contribution in [0.25, 0.3) is 5.65 Å². The highest BCUT2D eigenvalue weighted by molar-refractivity contribution is 6.30. The van der Waals surface area contributed by atoms with Gasteiger partial charge >= 0.3 is 0 Å². The molecule has 0 atom stereocenters. The second-order valence-electron chi connectivity index (χ2n) is 7.39. The quantitative estimate of drug-likeness (QED) is 0.646. The molecule has 3 heterocycles. The normalized spacial score (nSPS) is 14.2. The zero-order chi connectivity index (χ0) is 21.3. The van der Waals surface area contributed by atoms with E-state index in [-0.39, 0.29) is 22.9 Å². The summed E-state index contributed by atoms with van der Waals surface area (Å²) in [6.07, 6.45) is 3.31. The average molecular weight is 425 g/mol. The summed E-state index contributed by atoms with van der Waals surface area (Å²) < 4.78 is 1.40. The Morgan fingerprint density at radius 1 is 1.00 bits per heavy atom. The van der Waals surface area contributed by atoms with Crippen molar-refractivity contribution in [3.8, 4) is 0 Å². The first-order valence-electron chi connectivity index (χ1n) is 9.72. The predicted molar refractivity (Wildman–Crippen MR) is 114 cm³/mol. The number of nitrogens with zero attached hydrogens (tertiary/aromatic N) is 4. The van der Waals surface area contributed by atoms with Crippen LogP contribution in [0.2, 0.25) is 5.02 Å². The van der Waals surface area contributed by atoms with E-state index in [1.165, 1.54) is 10.6 Å².